The molecule has 9 heavy (non-hydrogen) atoms. The number of nitrogens with two attached hydrogens (primary N) is 1. The van der Waals surface area contributed by atoms with Gasteiger partial charge >= 0.3 is 5.97 Å². The molecule has 1 aliphatic rings. The molecule has 0 saturated carbocycles. The molecule has 0 aromatic carbocycles. The first kappa shape index (κ1) is 5.87. The van der Waals surface area contributed by atoms with Crippen LogP contribution in [0.5, 0.6) is 0 Å². The summed E-state index contributed by atoms with van der Waals surface area (Å²) >= 11 is 0. The van der Waals surface area contributed by atoms with Crippen LogP contribution in [-0.2, 0) is 4.79 Å². The Hall–Kier alpha value is -1.26. The van der Waals surface area contributed by atoms with Crippen molar-refractivity contribution in [1.29, 1.82) is 0 Å². The van der Waals surface area contributed by atoms with E-state index in [9.17, 15) is 4.79 Å². The van der Waals surface area contributed by atoms with Gasteiger partial charge in [0.15, 0.2) is 0 Å². The lowest BCUT2D eigenvalue weighted by molar-refractivity contribution is -0.139. The van der Waals surface area contributed by atoms with Crippen molar-refractivity contribution in [3.8, 4) is 0 Å². The topological polar surface area (TPSA) is 87.7 Å². The molecule has 0 radical (unpaired) electrons. The van der Waals surface area contributed by atoms with Crippen LogP contribution in [0.2, 0.25) is 0 Å². The molecule has 0 amide bonds. The van der Waals surface area contributed by atoms with E-state index in [1.165, 1.54) is 0 Å². The SMILES string of the molecule is NC1=NNCC1C(=O)O. The van der Waals surface area contributed by atoms with Gasteiger partial charge in [0.25, 0.3) is 0 Å². The first-order valence-electron chi connectivity index (χ1n) is 2.50. The Balaban J connectivity index is 2.63. The molecule has 1 rings (SSSR count). The predicted molar refractivity (Wildman–Crippen MR) is 30.8 cm³/mol. The highest BCUT2D eigenvalue weighted by Gasteiger charge is 2.25. The zero-order valence-corrected chi connectivity index (χ0v) is 4.66. The van der Waals surface area contributed by atoms with Crippen molar-refractivity contribution in [3.05, 3.63) is 0 Å². The van der Waals surface area contributed by atoms with Gasteiger partial charge in [-0.25, -0.2) is 0 Å². The molecule has 5 heteroatoms. The average Bonchev–Trinajstić information content (AvgIpc) is 2.13. The maximum absolute atomic E-state index is 10.2. The van der Waals surface area contributed by atoms with Crippen LogP contribution < -0.4 is 11.2 Å². The van der Waals surface area contributed by atoms with Crippen LogP contribution in [0.3, 0.4) is 0 Å². The standard InChI is InChI=1S/C4H7N3O2/c5-3-2(4(8)9)1-6-7-3/h2,6H,1H2,(H2,5,7)(H,8,9). The number of hydrazone groups is 1. The molecule has 0 aromatic heterocycles. The normalized spacial score (nSPS) is 24.9. The highest BCUT2D eigenvalue weighted by atomic mass is 16.4. The van der Waals surface area contributed by atoms with E-state index in [0.29, 0.717) is 6.54 Å². The molecule has 5 nitrogen and oxygen atoms in total. The maximum Gasteiger partial charge on any atom is 0.316 e. The molecular formula is C4H7N3O2. The highest BCUT2D eigenvalue weighted by Crippen LogP contribution is 1.99. The Kier molecular flexibility index (Phi) is 1.26. The quantitative estimate of drug-likeness (QED) is 0.404. The van der Waals surface area contributed by atoms with Gasteiger partial charge in [0, 0.05) is 0 Å². The molecule has 0 spiro atoms. The number of hydrogen-bond acceptors (Lipinski definition) is 4. The van der Waals surface area contributed by atoms with Gasteiger partial charge in [-0.3, -0.25) is 4.79 Å². The first-order valence-corrected chi connectivity index (χ1v) is 2.50. The highest BCUT2D eigenvalue weighted by molar-refractivity contribution is 6.00. The van der Waals surface area contributed by atoms with Crippen LogP contribution in [-0.4, -0.2) is 23.5 Å². The van der Waals surface area contributed by atoms with Crippen LogP contribution in [0.4, 0.5) is 0 Å². The molecule has 4 N–H and O–H groups in total. The van der Waals surface area contributed by atoms with Gasteiger partial charge in [0.1, 0.15) is 11.8 Å². The summed E-state index contributed by atoms with van der Waals surface area (Å²) in [6, 6.07) is 0. The Bertz CT molecular complexity index is 165. The number of nitrogens with one attached hydrogen (secondary N) is 1. The number of carbonyl (C=O) groups is 1. The second-order valence-electron chi connectivity index (χ2n) is 1.79. The van der Waals surface area contributed by atoms with E-state index in [-0.39, 0.29) is 5.84 Å². The summed E-state index contributed by atoms with van der Waals surface area (Å²) in [6.07, 6.45) is 0. The number of hydrogen-bond donors (Lipinski definition) is 3. The number of amidine groups is 1. The van der Waals surface area contributed by atoms with E-state index in [2.05, 4.69) is 10.5 Å². The van der Waals surface area contributed by atoms with Gasteiger partial charge in [-0.2, -0.15) is 5.10 Å². The molecular weight excluding hydrogens is 122 g/mol. The Morgan fingerprint density at radius 2 is 2.67 bits per heavy atom. The van der Waals surface area contributed by atoms with Crippen molar-refractivity contribution in [2.24, 2.45) is 16.8 Å². The van der Waals surface area contributed by atoms with Gasteiger partial charge in [-0.05, 0) is 0 Å². The minimum atomic E-state index is -0.929. The Morgan fingerprint density at radius 1 is 2.00 bits per heavy atom. The average molecular weight is 129 g/mol. The van der Waals surface area contributed by atoms with Gasteiger partial charge in [0.05, 0.1) is 6.54 Å². The maximum atomic E-state index is 10.2. The first-order chi connectivity index (χ1) is 4.22. The number of carboxylic acid groups (broad SMARTS) is 1. The summed E-state index contributed by atoms with van der Waals surface area (Å²) in [4.78, 5) is 10.2. The zero-order chi connectivity index (χ0) is 6.85. The molecule has 0 fully saturated rings. The smallest absolute Gasteiger partial charge is 0.316 e. The Morgan fingerprint density at radius 3 is 2.89 bits per heavy atom. The van der Waals surface area contributed by atoms with E-state index in [1.54, 1.807) is 0 Å². The molecule has 0 bridgehead atoms. The third kappa shape index (κ3) is 0.933. The fourth-order valence-electron chi connectivity index (χ4n) is 0.625. The summed E-state index contributed by atoms with van der Waals surface area (Å²) in [7, 11) is 0. The fourth-order valence-corrected chi connectivity index (χ4v) is 0.625. The fraction of sp³-hybridized carbons (Fsp3) is 0.500. The lowest BCUT2D eigenvalue weighted by Crippen LogP contribution is -2.29. The third-order valence-electron chi connectivity index (χ3n) is 1.16. The summed E-state index contributed by atoms with van der Waals surface area (Å²) in [5.41, 5.74) is 7.67. The van der Waals surface area contributed by atoms with Crippen LogP contribution in [0, 0.1) is 5.92 Å². The van der Waals surface area contributed by atoms with Crippen LogP contribution in [0.25, 0.3) is 0 Å². The minimum absolute atomic E-state index is 0.155. The summed E-state index contributed by atoms with van der Waals surface area (Å²) in [6.45, 7) is 0.307. The number of nitrogens with zero attached hydrogens (tertiary/aromatic N) is 1. The number of rotatable bonds is 1. The van der Waals surface area contributed by atoms with Crippen molar-refractivity contribution < 1.29 is 9.90 Å². The van der Waals surface area contributed by atoms with Crippen molar-refractivity contribution >= 4 is 11.8 Å². The molecule has 0 aliphatic carbocycles. The summed E-state index contributed by atoms with van der Waals surface area (Å²) in [5.74, 6) is -1.41. The molecule has 50 valence electrons. The Labute approximate surface area is 51.5 Å². The molecule has 1 atom stereocenters. The summed E-state index contributed by atoms with van der Waals surface area (Å²) in [5, 5.41) is 11.9. The number of aliphatic carboxylic acids is 1. The van der Waals surface area contributed by atoms with E-state index < -0.39 is 11.9 Å². The lowest BCUT2D eigenvalue weighted by atomic mass is 10.1. The second-order valence-corrected chi connectivity index (χ2v) is 1.79. The van der Waals surface area contributed by atoms with E-state index >= 15 is 0 Å². The second kappa shape index (κ2) is 1.93. The van der Waals surface area contributed by atoms with Crippen molar-refractivity contribution in [2.45, 2.75) is 0 Å². The number of carboxylic acids is 1. The monoisotopic (exact) mass is 129 g/mol. The van der Waals surface area contributed by atoms with E-state index in [4.69, 9.17) is 10.8 Å². The third-order valence-corrected chi connectivity index (χ3v) is 1.16. The van der Waals surface area contributed by atoms with Gasteiger partial charge in [-0.15, -0.1) is 0 Å². The zero-order valence-electron chi connectivity index (χ0n) is 4.66. The van der Waals surface area contributed by atoms with Crippen LogP contribution in [0.15, 0.2) is 5.10 Å². The van der Waals surface area contributed by atoms with Crippen molar-refractivity contribution in [1.82, 2.24) is 5.43 Å². The lowest BCUT2D eigenvalue weighted by Gasteiger charge is -1.98. The predicted octanol–water partition coefficient (Wildman–Crippen LogP) is -1.44. The van der Waals surface area contributed by atoms with E-state index in [0.717, 1.165) is 0 Å². The van der Waals surface area contributed by atoms with Crippen LogP contribution >= 0.6 is 0 Å². The molecule has 1 heterocycles. The van der Waals surface area contributed by atoms with Gasteiger partial charge in [0.2, 0.25) is 0 Å². The molecule has 1 unspecified atom stereocenters. The largest absolute Gasteiger partial charge is 0.481 e. The summed E-state index contributed by atoms with van der Waals surface area (Å²) < 4.78 is 0. The minimum Gasteiger partial charge on any atom is -0.481 e. The molecule has 0 saturated heterocycles. The van der Waals surface area contributed by atoms with Crippen molar-refractivity contribution in [2.75, 3.05) is 6.54 Å². The van der Waals surface area contributed by atoms with Gasteiger partial charge < -0.3 is 16.3 Å². The molecule has 1 aliphatic heterocycles. The molecule has 0 aromatic rings. The van der Waals surface area contributed by atoms with Crippen molar-refractivity contribution in [3.63, 3.8) is 0 Å². The van der Waals surface area contributed by atoms with E-state index in [1.807, 2.05) is 0 Å². The van der Waals surface area contributed by atoms with Crippen LogP contribution in [0.1, 0.15) is 0 Å². The van der Waals surface area contributed by atoms with Gasteiger partial charge in [-0.1, -0.05) is 0 Å².